The standard InChI is InChI=1S/C53H92N4O25/c1-42-49(62)50(63)51(64)53(82-42)80-37-36-70-11-4-54-46(58)2-9-66-16-20-72-24-26-74-22-18-68-12-5-55-47(59)41-81-45-39-43(38-44(40-45)57-7-14-71-15-8-57)52(65)56-6-13-69-19-23-75-27-29-77-31-33-79-35-34-78-32-30-76-28-25-73-21-17-67-10-3-48(60)61/h38-40,42,49-51,53,62-64H,2-37,41H2,1H3,(H,54,58)(H,55,59)(H,56,65)(H,60,61)/t42-,49-,50+,51+,53+/m0/s1. The van der Waals surface area contributed by atoms with Gasteiger partial charge in [0.05, 0.1) is 204 Å². The molecule has 2 fully saturated rings. The lowest BCUT2D eigenvalue weighted by Crippen LogP contribution is -2.57. The number of nitrogens with zero attached hydrogens (tertiary/aromatic N) is 1. The number of carbonyl (C=O) groups is 4. The lowest BCUT2D eigenvalue weighted by Gasteiger charge is -2.38. The first kappa shape index (κ1) is 72.2. The van der Waals surface area contributed by atoms with Gasteiger partial charge in [-0.2, -0.15) is 0 Å². The van der Waals surface area contributed by atoms with Gasteiger partial charge in [0, 0.05) is 56.5 Å². The second-order valence-corrected chi connectivity index (χ2v) is 18.0. The average Bonchev–Trinajstić information content (AvgIpc) is 3.69. The van der Waals surface area contributed by atoms with E-state index in [2.05, 4.69) is 20.9 Å². The van der Waals surface area contributed by atoms with E-state index in [1.165, 1.54) is 0 Å². The Kier molecular flexibility index (Phi) is 43.3. The Balaban J connectivity index is 1.08. The van der Waals surface area contributed by atoms with Gasteiger partial charge in [-0.05, 0) is 19.1 Å². The van der Waals surface area contributed by atoms with E-state index in [1.54, 1.807) is 25.1 Å². The number of nitrogens with one attached hydrogen (secondary N) is 3. The van der Waals surface area contributed by atoms with Gasteiger partial charge in [-0.25, -0.2) is 0 Å². The van der Waals surface area contributed by atoms with E-state index in [-0.39, 0.29) is 96.5 Å². The minimum absolute atomic E-state index is 0.0245. The fourth-order valence-electron chi connectivity index (χ4n) is 7.16. The molecule has 82 heavy (non-hydrogen) atoms. The lowest BCUT2D eigenvalue weighted by molar-refractivity contribution is -0.294. The predicted molar refractivity (Wildman–Crippen MR) is 289 cm³/mol. The molecule has 0 radical (unpaired) electrons. The fraction of sp³-hybridized carbons (Fsp3) is 0.811. The Labute approximate surface area is 480 Å². The number of aliphatic carboxylic acids is 1. The number of aliphatic hydroxyl groups is 3. The third kappa shape index (κ3) is 37.3. The molecule has 0 spiro atoms. The number of carboxylic acids is 1. The number of rotatable bonds is 54. The highest BCUT2D eigenvalue weighted by Crippen LogP contribution is 2.26. The first-order valence-electron chi connectivity index (χ1n) is 28.0. The van der Waals surface area contributed by atoms with Crippen molar-refractivity contribution in [2.45, 2.75) is 50.5 Å². The van der Waals surface area contributed by atoms with Crippen LogP contribution in [-0.2, 0) is 90.2 Å². The number of ether oxygens (including phenoxy) is 17. The van der Waals surface area contributed by atoms with Crippen molar-refractivity contribution in [1.29, 1.82) is 0 Å². The summed E-state index contributed by atoms with van der Waals surface area (Å²) in [5.74, 6) is -1.37. The maximum atomic E-state index is 13.2. The summed E-state index contributed by atoms with van der Waals surface area (Å²) in [7, 11) is 0. The fourth-order valence-corrected chi connectivity index (χ4v) is 7.16. The van der Waals surface area contributed by atoms with E-state index in [0.717, 1.165) is 5.69 Å². The zero-order valence-electron chi connectivity index (χ0n) is 47.6. The molecule has 474 valence electrons. The van der Waals surface area contributed by atoms with Gasteiger partial charge in [0.25, 0.3) is 11.8 Å². The summed E-state index contributed by atoms with van der Waals surface area (Å²) in [5, 5.41) is 46.4. The smallest absolute Gasteiger partial charge is 0.305 e. The van der Waals surface area contributed by atoms with Crippen molar-refractivity contribution in [3.05, 3.63) is 23.8 Å². The molecule has 2 saturated heterocycles. The molecule has 0 aromatic heterocycles. The van der Waals surface area contributed by atoms with Crippen molar-refractivity contribution < 1.29 is 120 Å². The number of hydrogen-bond acceptors (Lipinski definition) is 25. The van der Waals surface area contributed by atoms with Crippen molar-refractivity contribution in [1.82, 2.24) is 16.0 Å². The molecular formula is C53H92N4O25. The van der Waals surface area contributed by atoms with Crippen LogP contribution in [0.5, 0.6) is 5.75 Å². The molecule has 7 N–H and O–H groups in total. The normalized spacial score (nSPS) is 18.1. The quantitative estimate of drug-likeness (QED) is 0.0340. The Bertz CT molecular complexity index is 1770. The molecule has 1 aromatic carbocycles. The van der Waals surface area contributed by atoms with E-state index < -0.39 is 36.7 Å². The molecule has 3 rings (SSSR count). The van der Waals surface area contributed by atoms with Gasteiger partial charge in [0.15, 0.2) is 12.9 Å². The van der Waals surface area contributed by atoms with Gasteiger partial charge in [0.1, 0.15) is 24.1 Å². The van der Waals surface area contributed by atoms with Gasteiger partial charge >= 0.3 is 5.97 Å². The number of benzene rings is 1. The second kappa shape index (κ2) is 49.2. The van der Waals surface area contributed by atoms with Crippen LogP contribution in [0.15, 0.2) is 18.2 Å². The predicted octanol–water partition coefficient (Wildman–Crippen LogP) is -2.21. The topological polar surface area (TPSA) is 345 Å². The van der Waals surface area contributed by atoms with E-state index in [4.69, 9.17) is 85.6 Å². The molecule has 0 bridgehead atoms. The van der Waals surface area contributed by atoms with E-state index >= 15 is 0 Å². The van der Waals surface area contributed by atoms with Gasteiger partial charge < -0.3 is 122 Å². The highest BCUT2D eigenvalue weighted by molar-refractivity contribution is 5.95. The van der Waals surface area contributed by atoms with Crippen LogP contribution in [0, 0.1) is 0 Å². The highest BCUT2D eigenvalue weighted by Gasteiger charge is 2.42. The molecule has 2 heterocycles. The molecule has 0 saturated carbocycles. The summed E-state index contributed by atoms with van der Waals surface area (Å²) in [6.07, 6.45) is -5.56. The molecule has 2 aliphatic rings. The minimum Gasteiger partial charge on any atom is -0.484 e. The number of anilines is 1. The number of amides is 3. The summed E-state index contributed by atoms with van der Waals surface area (Å²) in [6.45, 7) is 13.7. The van der Waals surface area contributed by atoms with E-state index in [9.17, 15) is 34.5 Å². The molecule has 5 atom stereocenters. The van der Waals surface area contributed by atoms with Crippen LogP contribution in [0.1, 0.15) is 30.1 Å². The first-order valence-corrected chi connectivity index (χ1v) is 28.0. The van der Waals surface area contributed by atoms with E-state index in [1.807, 2.05) is 0 Å². The molecule has 0 unspecified atom stereocenters. The summed E-state index contributed by atoms with van der Waals surface area (Å²) in [5.41, 5.74) is 1.16. The Hall–Kier alpha value is -4.06. The second-order valence-electron chi connectivity index (χ2n) is 18.0. The van der Waals surface area contributed by atoms with Crippen molar-refractivity contribution in [2.24, 2.45) is 0 Å². The van der Waals surface area contributed by atoms with Gasteiger partial charge in [-0.1, -0.05) is 0 Å². The average molecular weight is 1190 g/mol. The lowest BCUT2D eigenvalue weighted by atomic mass is 10.0. The summed E-state index contributed by atoms with van der Waals surface area (Å²) < 4.78 is 93.0. The van der Waals surface area contributed by atoms with Gasteiger partial charge in [-0.3, -0.25) is 19.2 Å². The summed E-state index contributed by atoms with van der Waals surface area (Å²) >= 11 is 0. The van der Waals surface area contributed by atoms with Crippen LogP contribution in [-0.4, -0.2) is 306 Å². The minimum atomic E-state index is -1.38. The van der Waals surface area contributed by atoms with Gasteiger partial charge in [-0.15, -0.1) is 0 Å². The number of carbonyl (C=O) groups excluding carboxylic acids is 3. The van der Waals surface area contributed by atoms with Crippen molar-refractivity contribution in [3.8, 4) is 5.75 Å². The van der Waals surface area contributed by atoms with Crippen molar-refractivity contribution in [3.63, 3.8) is 0 Å². The largest absolute Gasteiger partial charge is 0.484 e. The Morgan fingerprint density at radius 3 is 1.35 bits per heavy atom. The number of hydrogen-bond donors (Lipinski definition) is 7. The number of aliphatic hydroxyl groups excluding tert-OH is 3. The zero-order chi connectivity index (χ0) is 58.9. The third-order valence-corrected chi connectivity index (χ3v) is 11.5. The Morgan fingerprint density at radius 2 is 0.890 bits per heavy atom. The Morgan fingerprint density at radius 1 is 0.488 bits per heavy atom. The van der Waals surface area contributed by atoms with Crippen LogP contribution < -0.4 is 25.6 Å². The number of morpholine rings is 1. The molecule has 1 aromatic rings. The van der Waals surface area contributed by atoms with Crippen LogP contribution in [0.25, 0.3) is 0 Å². The maximum absolute atomic E-state index is 13.2. The van der Waals surface area contributed by atoms with Gasteiger partial charge in [0.2, 0.25) is 5.91 Å². The molecule has 0 aliphatic carbocycles. The summed E-state index contributed by atoms with van der Waals surface area (Å²) in [6, 6.07) is 5.18. The van der Waals surface area contributed by atoms with Crippen molar-refractivity contribution in [2.75, 3.05) is 236 Å². The monoisotopic (exact) mass is 1180 g/mol. The van der Waals surface area contributed by atoms with Crippen LogP contribution in [0.2, 0.25) is 0 Å². The van der Waals surface area contributed by atoms with Crippen LogP contribution >= 0.6 is 0 Å². The van der Waals surface area contributed by atoms with E-state index in [0.29, 0.717) is 176 Å². The SMILES string of the molecule is C[C@@H]1O[C@@H](OCCOCCNC(=O)CCOCCOCCOCCOCCNC(=O)COc2cc(C(=O)NCCOCCOCCOCCOCCOCCOCCOCCOCCC(=O)O)cc(N3CCOCC3)c2)[C@H](O)[C@H](O)[C@H]1O. The molecule has 3 amide bonds. The van der Waals surface area contributed by atoms with Crippen LogP contribution in [0.3, 0.4) is 0 Å². The third-order valence-electron chi connectivity index (χ3n) is 11.5. The van der Waals surface area contributed by atoms with Crippen LogP contribution in [0.4, 0.5) is 5.69 Å². The number of carboxylic acid groups (broad SMARTS) is 1. The maximum Gasteiger partial charge on any atom is 0.305 e. The molecule has 29 heteroatoms. The zero-order valence-corrected chi connectivity index (χ0v) is 47.6. The first-order chi connectivity index (χ1) is 40.0. The van der Waals surface area contributed by atoms with Crippen molar-refractivity contribution >= 4 is 29.4 Å². The highest BCUT2D eigenvalue weighted by atomic mass is 16.7. The molecule has 29 nitrogen and oxygen atoms in total. The molecular weight excluding hydrogens is 1090 g/mol. The molecule has 2 aliphatic heterocycles. The summed E-state index contributed by atoms with van der Waals surface area (Å²) in [4.78, 5) is 50.3.